The molecule has 1 N–H and O–H groups in total. The Hall–Kier alpha value is -2.20. The molecule has 29 heavy (non-hydrogen) atoms. The van der Waals surface area contributed by atoms with Crippen LogP contribution < -0.4 is 5.43 Å². The molecule has 0 aliphatic rings. The van der Waals surface area contributed by atoms with E-state index in [1.807, 2.05) is 0 Å². The van der Waals surface area contributed by atoms with Gasteiger partial charge in [-0.25, -0.2) is 8.42 Å². The topological polar surface area (TPSA) is 105 Å². The van der Waals surface area contributed by atoms with Crippen molar-refractivity contribution in [1.82, 2.24) is 4.31 Å². The molecule has 2 rings (SSSR count). The van der Waals surface area contributed by atoms with E-state index in [-0.39, 0.29) is 23.7 Å². The van der Waals surface area contributed by atoms with Crippen LogP contribution in [0.4, 0.5) is 11.4 Å². The summed E-state index contributed by atoms with van der Waals surface area (Å²) in [5.74, 6) is 0. The molecule has 0 bridgehead atoms. The van der Waals surface area contributed by atoms with Crippen molar-refractivity contribution in [2.75, 3.05) is 18.5 Å². The Labute approximate surface area is 179 Å². The number of nitrogens with zero attached hydrogens (tertiary/aromatic N) is 3. The lowest BCUT2D eigenvalue weighted by atomic mass is 10.1. The smallest absolute Gasteiger partial charge is 0.271 e. The fourth-order valence-corrected chi connectivity index (χ4v) is 4.34. The average Bonchev–Trinajstić information content (AvgIpc) is 2.68. The normalized spacial score (nSPS) is 12.3. The minimum Gasteiger partial charge on any atom is -0.271 e. The molecule has 0 saturated carbocycles. The van der Waals surface area contributed by atoms with E-state index in [1.165, 1.54) is 16.4 Å². The van der Waals surface area contributed by atoms with Crippen molar-refractivity contribution in [1.29, 1.82) is 0 Å². The minimum atomic E-state index is -3.82. The Morgan fingerprint density at radius 1 is 1.14 bits per heavy atom. The molecule has 156 valence electrons. The second kappa shape index (κ2) is 9.53. The maximum Gasteiger partial charge on any atom is 0.295 e. The third-order valence-corrected chi connectivity index (χ3v) is 6.98. The van der Waals surface area contributed by atoms with Gasteiger partial charge in [-0.15, -0.1) is 0 Å². The molecule has 0 radical (unpaired) electrons. The number of rotatable bonds is 8. The van der Waals surface area contributed by atoms with Crippen LogP contribution in [0.2, 0.25) is 10.0 Å². The summed E-state index contributed by atoms with van der Waals surface area (Å²) in [5.41, 5.74) is 3.48. The molecule has 0 spiro atoms. The average molecular weight is 459 g/mol. The van der Waals surface area contributed by atoms with Crippen molar-refractivity contribution in [2.24, 2.45) is 5.10 Å². The number of nitro groups is 1. The molecule has 2 aromatic rings. The largest absolute Gasteiger partial charge is 0.295 e. The number of nitro benzene ring substituents is 1. The number of hydrogen-bond donors (Lipinski definition) is 1. The monoisotopic (exact) mass is 458 g/mol. The van der Waals surface area contributed by atoms with E-state index in [2.05, 4.69) is 10.5 Å². The van der Waals surface area contributed by atoms with E-state index in [0.29, 0.717) is 21.3 Å². The summed E-state index contributed by atoms with van der Waals surface area (Å²) in [4.78, 5) is 10.7. The van der Waals surface area contributed by atoms with E-state index in [0.717, 1.165) is 6.07 Å². The number of halogens is 2. The van der Waals surface area contributed by atoms with E-state index < -0.39 is 20.6 Å². The van der Waals surface area contributed by atoms with Crippen LogP contribution in [0.1, 0.15) is 26.3 Å². The van der Waals surface area contributed by atoms with Gasteiger partial charge in [-0.1, -0.05) is 43.1 Å². The van der Waals surface area contributed by atoms with Gasteiger partial charge in [0.15, 0.2) is 0 Å². The van der Waals surface area contributed by atoms with Gasteiger partial charge < -0.3 is 0 Å². The fourth-order valence-electron chi connectivity index (χ4n) is 2.56. The van der Waals surface area contributed by atoms with E-state index >= 15 is 0 Å². The highest BCUT2D eigenvalue weighted by molar-refractivity contribution is 7.89. The number of benzene rings is 2. The summed E-state index contributed by atoms with van der Waals surface area (Å²) in [6.07, 6.45) is 0. The standard InChI is InChI=1S/C18H20Cl2N4O4S/c1-4-23(5-2)29(27,28)14-7-9-17(18(11-14)24(25)26)22-21-12(3)13-6-8-15(19)16(20)10-13/h6-11,22H,4-5H2,1-3H3. The van der Waals surface area contributed by atoms with Crippen LogP contribution >= 0.6 is 23.2 Å². The molecule has 0 atom stereocenters. The molecular weight excluding hydrogens is 439 g/mol. The van der Waals surface area contributed by atoms with Crippen LogP contribution in [-0.4, -0.2) is 36.4 Å². The Bertz CT molecular complexity index is 1050. The van der Waals surface area contributed by atoms with Crippen molar-refractivity contribution in [2.45, 2.75) is 25.7 Å². The maximum atomic E-state index is 12.6. The SMILES string of the molecule is CCN(CC)S(=O)(=O)c1ccc(NN=C(C)c2ccc(Cl)c(Cl)c2)c([N+](=O)[O-])c1. The summed E-state index contributed by atoms with van der Waals surface area (Å²) >= 11 is 11.9. The highest BCUT2D eigenvalue weighted by Crippen LogP contribution is 2.29. The zero-order chi connectivity index (χ0) is 21.8. The van der Waals surface area contributed by atoms with Crippen LogP contribution in [0.15, 0.2) is 46.4 Å². The van der Waals surface area contributed by atoms with Gasteiger partial charge >= 0.3 is 0 Å². The van der Waals surface area contributed by atoms with Gasteiger partial charge in [0.2, 0.25) is 10.0 Å². The van der Waals surface area contributed by atoms with Crippen molar-refractivity contribution < 1.29 is 13.3 Å². The Balaban J connectivity index is 2.38. The summed E-state index contributed by atoms with van der Waals surface area (Å²) < 4.78 is 26.5. The van der Waals surface area contributed by atoms with Crippen LogP contribution in [0.3, 0.4) is 0 Å². The lowest BCUT2D eigenvalue weighted by Crippen LogP contribution is -2.30. The van der Waals surface area contributed by atoms with E-state index in [4.69, 9.17) is 23.2 Å². The molecule has 0 aromatic heterocycles. The molecule has 0 aliphatic carbocycles. The molecule has 0 heterocycles. The first-order valence-corrected chi connectivity index (χ1v) is 10.9. The van der Waals surface area contributed by atoms with Gasteiger partial charge in [0.05, 0.1) is 25.6 Å². The highest BCUT2D eigenvalue weighted by atomic mass is 35.5. The first-order valence-electron chi connectivity index (χ1n) is 8.66. The van der Waals surface area contributed by atoms with Gasteiger partial charge in [0, 0.05) is 19.2 Å². The number of anilines is 1. The van der Waals surface area contributed by atoms with E-state index in [1.54, 1.807) is 39.0 Å². The molecule has 2 aromatic carbocycles. The quantitative estimate of drug-likeness (QED) is 0.348. The van der Waals surface area contributed by atoms with Crippen molar-refractivity contribution >= 4 is 50.3 Å². The van der Waals surface area contributed by atoms with Crippen molar-refractivity contribution in [3.05, 3.63) is 62.1 Å². The number of hydrazone groups is 1. The molecule has 0 unspecified atom stereocenters. The van der Waals surface area contributed by atoms with Gasteiger partial charge in [-0.05, 0) is 36.8 Å². The lowest BCUT2D eigenvalue weighted by Gasteiger charge is -2.18. The van der Waals surface area contributed by atoms with Crippen LogP contribution in [0, 0.1) is 10.1 Å². The number of sulfonamides is 1. The zero-order valence-corrected chi connectivity index (χ0v) is 18.3. The van der Waals surface area contributed by atoms with Gasteiger partial charge in [-0.2, -0.15) is 9.41 Å². The number of hydrogen-bond acceptors (Lipinski definition) is 6. The third kappa shape index (κ3) is 5.24. The maximum absolute atomic E-state index is 12.6. The van der Waals surface area contributed by atoms with Crippen molar-refractivity contribution in [3.63, 3.8) is 0 Å². The van der Waals surface area contributed by atoms with Crippen LogP contribution in [-0.2, 0) is 10.0 Å². The molecular formula is C18H20Cl2N4O4S. The highest BCUT2D eigenvalue weighted by Gasteiger charge is 2.25. The minimum absolute atomic E-state index is 0.0629. The second-order valence-electron chi connectivity index (χ2n) is 5.96. The van der Waals surface area contributed by atoms with E-state index in [9.17, 15) is 18.5 Å². The van der Waals surface area contributed by atoms with Gasteiger partial charge in [0.25, 0.3) is 5.69 Å². The molecule has 0 amide bonds. The Kier molecular flexibility index (Phi) is 7.59. The third-order valence-electron chi connectivity index (χ3n) is 4.19. The predicted molar refractivity (Wildman–Crippen MR) is 115 cm³/mol. The van der Waals surface area contributed by atoms with Crippen LogP contribution in [0.5, 0.6) is 0 Å². The Morgan fingerprint density at radius 3 is 2.34 bits per heavy atom. The predicted octanol–water partition coefficient (Wildman–Crippen LogP) is 4.77. The molecule has 0 fully saturated rings. The van der Waals surface area contributed by atoms with Gasteiger partial charge in [0.1, 0.15) is 5.69 Å². The summed E-state index contributed by atoms with van der Waals surface area (Å²) in [6.45, 7) is 5.62. The zero-order valence-electron chi connectivity index (χ0n) is 16.0. The summed E-state index contributed by atoms with van der Waals surface area (Å²) in [6, 6.07) is 8.61. The first-order chi connectivity index (χ1) is 13.6. The molecule has 0 aliphatic heterocycles. The molecule has 11 heteroatoms. The first kappa shape index (κ1) is 23.1. The number of nitrogens with one attached hydrogen (secondary N) is 1. The van der Waals surface area contributed by atoms with Gasteiger partial charge in [-0.3, -0.25) is 15.5 Å². The second-order valence-corrected chi connectivity index (χ2v) is 8.72. The fraction of sp³-hybridized carbons (Fsp3) is 0.278. The lowest BCUT2D eigenvalue weighted by molar-refractivity contribution is -0.384. The van der Waals surface area contributed by atoms with Crippen LogP contribution in [0.25, 0.3) is 0 Å². The Morgan fingerprint density at radius 2 is 1.79 bits per heavy atom. The molecule has 8 nitrogen and oxygen atoms in total. The molecule has 0 saturated heterocycles. The summed E-state index contributed by atoms with van der Waals surface area (Å²) in [7, 11) is -3.82. The van der Waals surface area contributed by atoms with Crippen molar-refractivity contribution in [3.8, 4) is 0 Å². The summed E-state index contributed by atoms with van der Waals surface area (Å²) in [5, 5.41) is 16.4.